The molecule has 1 aromatic carbocycles. The van der Waals surface area contributed by atoms with Crippen molar-refractivity contribution in [1.82, 2.24) is 30.6 Å². The standard InChI is InChI=1S/C33H44N6O/c1-21(2)33(7,39-30(40)31(3,4)5)29-35-20-27(38-29)25-15-11-23(12-16-25)22-9-13-24(14-10-22)26-19-34-28(37-26)32(6)17-8-18-36-32/h9-11,13-15,19-21,36H,8,12,16-18H2,1-7H3,(H,34,37)(H,35,38)(H,39,40)/t32-,33+/m0/s1. The van der Waals surface area contributed by atoms with Gasteiger partial charge in [0.2, 0.25) is 5.91 Å². The highest BCUT2D eigenvalue weighted by molar-refractivity contribution is 5.82. The average molecular weight is 541 g/mol. The van der Waals surface area contributed by atoms with Crippen molar-refractivity contribution in [2.24, 2.45) is 11.3 Å². The first kappa shape index (κ1) is 28.1. The number of rotatable bonds is 7. The number of imidazole rings is 2. The third kappa shape index (κ3) is 5.44. The number of nitrogens with one attached hydrogen (secondary N) is 4. The molecule has 0 spiro atoms. The zero-order valence-corrected chi connectivity index (χ0v) is 25.0. The van der Waals surface area contributed by atoms with Crippen LogP contribution in [0.2, 0.25) is 0 Å². The van der Waals surface area contributed by atoms with Gasteiger partial charge in [-0.25, -0.2) is 9.97 Å². The van der Waals surface area contributed by atoms with Gasteiger partial charge >= 0.3 is 0 Å². The van der Waals surface area contributed by atoms with Crippen LogP contribution in [0.5, 0.6) is 0 Å². The molecule has 1 aliphatic carbocycles. The van der Waals surface area contributed by atoms with Gasteiger partial charge in [0, 0.05) is 5.41 Å². The van der Waals surface area contributed by atoms with Crippen LogP contribution in [0.1, 0.15) is 97.1 Å². The first-order valence-corrected chi connectivity index (χ1v) is 14.6. The lowest BCUT2D eigenvalue weighted by atomic mass is 9.85. The van der Waals surface area contributed by atoms with E-state index in [1.807, 2.05) is 33.2 Å². The lowest BCUT2D eigenvalue weighted by Crippen LogP contribution is -2.51. The quantitative estimate of drug-likeness (QED) is 0.268. The molecule has 0 unspecified atom stereocenters. The van der Waals surface area contributed by atoms with E-state index in [-0.39, 0.29) is 17.4 Å². The molecule has 0 bridgehead atoms. The largest absolute Gasteiger partial charge is 0.343 e. The van der Waals surface area contributed by atoms with Gasteiger partial charge in [-0.2, -0.15) is 0 Å². The van der Waals surface area contributed by atoms with Crippen LogP contribution in [-0.2, 0) is 15.9 Å². The molecule has 2 atom stereocenters. The molecule has 7 heteroatoms. The molecule has 1 saturated heterocycles. The molecule has 40 heavy (non-hydrogen) atoms. The van der Waals surface area contributed by atoms with E-state index >= 15 is 0 Å². The summed E-state index contributed by atoms with van der Waals surface area (Å²) >= 11 is 0. The Bertz CT molecular complexity index is 1430. The average Bonchev–Trinajstić information content (AvgIpc) is 3.70. The Morgan fingerprint density at radius 2 is 1.57 bits per heavy atom. The zero-order valence-electron chi connectivity index (χ0n) is 25.0. The molecule has 212 valence electrons. The van der Waals surface area contributed by atoms with Gasteiger partial charge in [-0.15, -0.1) is 0 Å². The number of nitrogens with zero attached hydrogens (tertiary/aromatic N) is 2. The summed E-state index contributed by atoms with van der Waals surface area (Å²) in [7, 11) is 0. The SMILES string of the molecule is CC(C)[C@@](C)(NC(=O)C(C)(C)C)c1ncc(C2=CC=C(c3ccc(-c4cnc([C@]5(C)CCCN5)[nH]4)cc3)CC2)[nH]1. The molecule has 3 heterocycles. The van der Waals surface area contributed by atoms with Gasteiger partial charge in [0.15, 0.2) is 0 Å². The zero-order chi connectivity index (χ0) is 28.7. The van der Waals surface area contributed by atoms with E-state index in [0.29, 0.717) is 0 Å². The second-order valence-corrected chi connectivity index (χ2v) is 13.2. The fraction of sp³-hybridized carbons (Fsp3) is 0.485. The number of aromatic nitrogens is 4. The van der Waals surface area contributed by atoms with E-state index in [9.17, 15) is 4.79 Å². The van der Waals surface area contributed by atoms with E-state index in [0.717, 1.165) is 54.4 Å². The van der Waals surface area contributed by atoms with Crippen LogP contribution in [0.15, 0.2) is 48.8 Å². The smallest absolute Gasteiger partial charge is 0.226 e. The third-order valence-electron chi connectivity index (χ3n) is 8.81. The van der Waals surface area contributed by atoms with Crippen LogP contribution in [0.4, 0.5) is 0 Å². The van der Waals surface area contributed by atoms with Crippen LogP contribution >= 0.6 is 0 Å². The minimum atomic E-state index is -0.582. The highest BCUT2D eigenvalue weighted by Crippen LogP contribution is 2.35. The van der Waals surface area contributed by atoms with Crippen molar-refractivity contribution in [2.75, 3.05) is 6.54 Å². The van der Waals surface area contributed by atoms with E-state index in [4.69, 9.17) is 4.98 Å². The monoisotopic (exact) mass is 540 g/mol. The van der Waals surface area contributed by atoms with Crippen molar-refractivity contribution < 1.29 is 4.79 Å². The van der Waals surface area contributed by atoms with Crippen molar-refractivity contribution in [1.29, 1.82) is 0 Å². The maximum absolute atomic E-state index is 12.8. The summed E-state index contributed by atoms with van der Waals surface area (Å²) in [5, 5.41) is 6.83. The van der Waals surface area contributed by atoms with Gasteiger partial charge in [0.1, 0.15) is 11.6 Å². The van der Waals surface area contributed by atoms with Gasteiger partial charge in [-0.05, 0) is 74.3 Å². The van der Waals surface area contributed by atoms with E-state index in [1.165, 1.54) is 23.1 Å². The molecule has 2 aliphatic rings. The molecule has 2 aromatic heterocycles. The molecule has 5 rings (SSSR count). The van der Waals surface area contributed by atoms with E-state index in [2.05, 4.69) is 89.7 Å². The number of H-pyrrole nitrogens is 2. The van der Waals surface area contributed by atoms with Crippen LogP contribution in [0.25, 0.3) is 22.4 Å². The first-order chi connectivity index (χ1) is 18.9. The summed E-state index contributed by atoms with van der Waals surface area (Å²) in [5.74, 6) is 2.00. The summed E-state index contributed by atoms with van der Waals surface area (Å²) in [6.07, 6.45) is 12.4. The molecule has 0 radical (unpaired) electrons. The molecule has 1 aliphatic heterocycles. The molecule has 1 amide bonds. The van der Waals surface area contributed by atoms with Gasteiger partial charge in [0.05, 0.1) is 34.9 Å². The third-order valence-corrected chi connectivity index (χ3v) is 8.81. The van der Waals surface area contributed by atoms with Crippen molar-refractivity contribution in [3.05, 3.63) is 71.7 Å². The fourth-order valence-corrected chi connectivity index (χ4v) is 5.46. The van der Waals surface area contributed by atoms with E-state index in [1.54, 1.807) is 0 Å². The predicted molar refractivity (Wildman–Crippen MR) is 162 cm³/mol. The Kier molecular flexibility index (Phi) is 7.38. The molecule has 0 saturated carbocycles. The minimum Gasteiger partial charge on any atom is -0.343 e. The van der Waals surface area contributed by atoms with Gasteiger partial charge in [-0.3, -0.25) is 4.79 Å². The first-order valence-electron chi connectivity index (χ1n) is 14.6. The van der Waals surface area contributed by atoms with Crippen molar-refractivity contribution in [2.45, 2.75) is 85.2 Å². The summed E-state index contributed by atoms with van der Waals surface area (Å²) in [6, 6.07) is 8.76. The van der Waals surface area contributed by atoms with Crippen LogP contribution in [0.3, 0.4) is 0 Å². The summed E-state index contributed by atoms with van der Waals surface area (Å²) in [5.41, 5.74) is 5.90. The molecule has 7 nitrogen and oxygen atoms in total. The van der Waals surface area contributed by atoms with Crippen LogP contribution < -0.4 is 10.6 Å². The molecule has 1 fully saturated rings. The number of benzene rings is 1. The highest BCUT2D eigenvalue weighted by atomic mass is 16.2. The number of carbonyl (C=O) groups is 1. The minimum absolute atomic E-state index is 0.0187. The Balaban J connectivity index is 1.30. The van der Waals surface area contributed by atoms with Crippen molar-refractivity contribution in [3.8, 4) is 11.3 Å². The normalized spacial score (nSPS) is 21.2. The maximum atomic E-state index is 12.8. The second-order valence-electron chi connectivity index (χ2n) is 13.2. The number of amides is 1. The van der Waals surface area contributed by atoms with Crippen molar-refractivity contribution >= 4 is 17.1 Å². The second kappa shape index (κ2) is 10.5. The summed E-state index contributed by atoms with van der Waals surface area (Å²) in [4.78, 5) is 29.3. The van der Waals surface area contributed by atoms with Gasteiger partial charge in [0.25, 0.3) is 0 Å². The number of carbonyl (C=O) groups excluding carboxylic acids is 1. The molecular weight excluding hydrogens is 496 g/mol. The topological polar surface area (TPSA) is 98.5 Å². The molecular formula is C33H44N6O. The lowest BCUT2D eigenvalue weighted by Gasteiger charge is -2.35. The van der Waals surface area contributed by atoms with Crippen LogP contribution in [-0.4, -0.2) is 32.4 Å². The summed E-state index contributed by atoms with van der Waals surface area (Å²) < 4.78 is 0. The van der Waals surface area contributed by atoms with Crippen molar-refractivity contribution in [3.63, 3.8) is 0 Å². The van der Waals surface area contributed by atoms with Gasteiger partial charge in [-0.1, -0.05) is 71.0 Å². The molecule has 4 N–H and O–H groups in total. The number of hydrogen-bond donors (Lipinski definition) is 4. The lowest BCUT2D eigenvalue weighted by molar-refractivity contribution is -0.131. The fourth-order valence-electron chi connectivity index (χ4n) is 5.46. The molecule has 3 aromatic rings. The Morgan fingerprint density at radius 3 is 2.17 bits per heavy atom. The van der Waals surface area contributed by atoms with Gasteiger partial charge < -0.3 is 20.6 Å². The Hall–Kier alpha value is -3.45. The Labute approximate surface area is 238 Å². The Morgan fingerprint density at radius 1 is 0.925 bits per heavy atom. The summed E-state index contributed by atoms with van der Waals surface area (Å²) in [6.45, 7) is 15.3. The van der Waals surface area contributed by atoms with Crippen LogP contribution in [0, 0.1) is 11.3 Å². The predicted octanol–water partition coefficient (Wildman–Crippen LogP) is 6.69. The highest BCUT2D eigenvalue weighted by Gasteiger charge is 2.38. The maximum Gasteiger partial charge on any atom is 0.226 e. The number of allylic oxidation sites excluding steroid dienone is 4. The number of hydrogen-bond acceptors (Lipinski definition) is 4. The van der Waals surface area contributed by atoms with E-state index < -0.39 is 11.0 Å². The number of aromatic amines is 2.